The number of nitrogens with zero attached hydrogens (tertiary/aromatic N) is 1. The number of nitrogens with one attached hydrogen (secondary N) is 1. The standard InChI is InChI=1S/C30H36N2O3/c1-32-18-10-11-19-34-22-26(20-24-12-4-2-5-13-24)31-30(33)28-16-8-9-17-29(28)35-23-27(32)21-25-14-6-3-7-15-25/h2-9,12-17,26-27H,10-11,18-23H2,1H3,(H,31,33)/t26-,27-/m0/s1. The number of carbonyl (C=O) groups is 1. The number of hydrogen-bond acceptors (Lipinski definition) is 4. The molecule has 0 spiro atoms. The maximum atomic E-state index is 13.3. The largest absolute Gasteiger partial charge is 0.491 e. The highest BCUT2D eigenvalue weighted by atomic mass is 16.5. The molecule has 1 amide bonds. The molecular formula is C30H36N2O3. The molecule has 0 saturated carbocycles. The SMILES string of the molecule is CN1CCCCOC[C@H](Cc2ccccc2)NC(=O)c2ccccc2OC[C@@H]1Cc1ccccc1. The van der Waals surface area contributed by atoms with Crippen molar-refractivity contribution in [2.45, 2.75) is 37.8 Å². The second-order valence-electron chi connectivity index (χ2n) is 9.27. The Kier molecular flexibility index (Phi) is 9.32. The molecule has 0 aromatic heterocycles. The lowest BCUT2D eigenvalue weighted by molar-refractivity contribution is 0.0823. The number of amides is 1. The maximum Gasteiger partial charge on any atom is 0.255 e. The molecule has 2 atom stereocenters. The Morgan fingerprint density at radius 1 is 0.829 bits per heavy atom. The molecule has 5 heteroatoms. The van der Waals surface area contributed by atoms with Gasteiger partial charge in [-0.15, -0.1) is 0 Å². The fourth-order valence-electron chi connectivity index (χ4n) is 4.48. The first-order valence-electron chi connectivity index (χ1n) is 12.6. The number of rotatable bonds is 4. The lowest BCUT2D eigenvalue weighted by atomic mass is 10.0. The van der Waals surface area contributed by atoms with E-state index in [1.54, 1.807) is 0 Å². The van der Waals surface area contributed by atoms with E-state index in [0.717, 1.165) is 32.2 Å². The number of benzene rings is 3. The fourth-order valence-corrected chi connectivity index (χ4v) is 4.48. The lowest BCUT2D eigenvalue weighted by Crippen LogP contribution is -2.40. The summed E-state index contributed by atoms with van der Waals surface area (Å²) in [5.41, 5.74) is 3.01. The molecule has 5 nitrogen and oxygen atoms in total. The monoisotopic (exact) mass is 472 g/mol. The van der Waals surface area contributed by atoms with Gasteiger partial charge in [-0.3, -0.25) is 9.69 Å². The topological polar surface area (TPSA) is 50.8 Å². The van der Waals surface area contributed by atoms with Gasteiger partial charge in [0.2, 0.25) is 0 Å². The van der Waals surface area contributed by atoms with E-state index in [2.05, 4.69) is 53.7 Å². The number of likely N-dealkylation sites (N-methyl/N-ethyl adjacent to an activating group) is 1. The Morgan fingerprint density at radius 3 is 2.23 bits per heavy atom. The number of carbonyl (C=O) groups excluding carboxylic acids is 1. The lowest BCUT2D eigenvalue weighted by Gasteiger charge is -2.28. The smallest absolute Gasteiger partial charge is 0.255 e. The van der Waals surface area contributed by atoms with Crippen molar-refractivity contribution in [1.29, 1.82) is 0 Å². The molecule has 1 heterocycles. The van der Waals surface area contributed by atoms with Crippen LogP contribution in [0.4, 0.5) is 0 Å². The first kappa shape index (κ1) is 25.0. The van der Waals surface area contributed by atoms with Crippen LogP contribution in [-0.2, 0) is 17.6 Å². The molecular weight excluding hydrogens is 436 g/mol. The summed E-state index contributed by atoms with van der Waals surface area (Å²) in [6.45, 7) is 2.65. The summed E-state index contributed by atoms with van der Waals surface area (Å²) >= 11 is 0. The number of fused-ring (bicyclic) bond motifs is 1. The zero-order chi connectivity index (χ0) is 24.3. The van der Waals surface area contributed by atoms with Crippen LogP contribution in [0.2, 0.25) is 0 Å². The highest BCUT2D eigenvalue weighted by Crippen LogP contribution is 2.20. The summed E-state index contributed by atoms with van der Waals surface area (Å²) in [5, 5.41) is 3.20. The van der Waals surface area contributed by atoms with E-state index < -0.39 is 0 Å². The van der Waals surface area contributed by atoms with Crippen LogP contribution in [0.3, 0.4) is 0 Å². The summed E-state index contributed by atoms with van der Waals surface area (Å²) in [4.78, 5) is 15.7. The van der Waals surface area contributed by atoms with E-state index in [9.17, 15) is 4.79 Å². The van der Waals surface area contributed by atoms with Gasteiger partial charge in [0.1, 0.15) is 12.4 Å². The zero-order valence-electron chi connectivity index (χ0n) is 20.6. The molecule has 1 aliphatic rings. The minimum Gasteiger partial charge on any atom is -0.491 e. The predicted octanol–water partition coefficient (Wildman–Crippen LogP) is 4.76. The van der Waals surface area contributed by atoms with E-state index in [1.807, 2.05) is 48.5 Å². The van der Waals surface area contributed by atoms with Gasteiger partial charge in [0, 0.05) is 12.6 Å². The molecule has 3 aromatic rings. The van der Waals surface area contributed by atoms with Gasteiger partial charge in [-0.1, -0.05) is 72.8 Å². The van der Waals surface area contributed by atoms with Crippen LogP contribution in [0, 0.1) is 0 Å². The van der Waals surface area contributed by atoms with E-state index in [4.69, 9.17) is 9.47 Å². The molecule has 184 valence electrons. The quantitative estimate of drug-likeness (QED) is 0.595. The van der Waals surface area contributed by atoms with Crippen molar-refractivity contribution >= 4 is 5.91 Å². The Balaban J connectivity index is 1.53. The van der Waals surface area contributed by atoms with Crippen molar-refractivity contribution in [3.63, 3.8) is 0 Å². The normalized spacial score (nSPS) is 20.5. The van der Waals surface area contributed by atoms with E-state index in [-0.39, 0.29) is 18.0 Å². The molecule has 35 heavy (non-hydrogen) atoms. The van der Waals surface area contributed by atoms with Gasteiger partial charge >= 0.3 is 0 Å². The molecule has 0 unspecified atom stereocenters. The van der Waals surface area contributed by atoms with Gasteiger partial charge in [-0.2, -0.15) is 0 Å². The zero-order valence-corrected chi connectivity index (χ0v) is 20.6. The molecule has 0 radical (unpaired) electrons. The highest BCUT2D eigenvalue weighted by molar-refractivity contribution is 5.97. The second-order valence-corrected chi connectivity index (χ2v) is 9.27. The predicted molar refractivity (Wildman–Crippen MR) is 140 cm³/mol. The van der Waals surface area contributed by atoms with Crippen LogP contribution >= 0.6 is 0 Å². The summed E-state index contributed by atoms with van der Waals surface area (Å²) in [5.74, 6) is 0.485. The van der Waals surface area contributed by atoms with E-state index >= 15 is 0 Å². The maximum absolute atomic E-state index is 13.3. The van der Waals surface area contributed by atoms with Gasteiger partial charge in [-0.25, -0.2) is 0 Å². The van der Waals surface area contributed by atoms with Crippen LogP contribution in [0.5, 0.6) is 5.75 Å². The van der Waals surface area contributed by atoms with Crippen molar-refractivity contribution in [1.82, 2.24) is 10.2 Å². The molecule has 3 aromatic carbocycles. The first-order chi connectivity index (χ1) is 17.2. The first-order valence-corrected chi connectivity index (χ1v) is 12.6. The van der Waals surface area contributed by atoms with Crippen molar-refractivity contribution in [2.75, 3.05) is 33.4 Å². The number of para-hydroxylation sites is 1. The molecule has 0 bridgehead atoms. The van der Waals surface area contributed by atoms with Gasteiger partial charge in [0.25, 0.3) is 5.91 Å². The molecule has 0 fully saturated rings. The number of ether oxygens (including phenoxy) is 2. The van der Waals surface area contributed by atoms with Crippen LogP contribution in [-0.4, -0.2) is 56.3 Å². The Bertz CT molecular complexity index is 1040. The van der Waals surface area contributed by atoms with Crippen LogP contribution in [0.25, 0.3) is 0 Å². The molecule has 0 saturated heterocycles. The molecule has 4 rings (SSSR count). The average molecular weight is 473 g/mol. The fraction of sp³-hybridized carbons (Fsp3) is 0.367. The van der Waals surface area contributed by atoms with Crippen LogP contribution < -0.4 is 10.1 Å². The van der Waals surface area contributed by atoms with Gasteiger partial charge < -0.3 is 14.8 Å². The summed E-state index contributed by atoms with van der Waals surface area (Å²) in [6, 6.07) is 28.3. The Morgan fingerprint density at radius 2 is 1.49 bits per heavy atom. The van der Waals surface area contributed by atoms with Crippen molar-refractivity contribution < 1.29 is 14.3 Å². The van der Waals surface area contributed by atoms with Gasteiger partial charge in [0.05, 0.1) is 18.2 Å². The minimum absolute atomic E-state index is 0.114. The minimum atomic E-state index is -0.132. The average Bonchev–Trinajstić information content (AvgIpc) is 2.89. The summed E-state index contributed by atoms with van der Waals surface area (Å²) in [6.07, 6.45) is 3.64. The highest BCUT2D eigenvalue weighted by Gasteiger charge is 2.21. The Labute approximate surface area is 209 Å². The Hall–Kier alpha value is -3.15. The molecule has 1 N–H and O–H groups in total. The van der Waals surface area contributed by atoms with Crippen LogP contribution in [0.1, 0.15) is 34.3 Å². The molecule has 1 aliphatic heterocycles. The van der Waals surface area contributed by atoms with Crippen molar-refractivity contribution in [3.05, 3.63) is 102 Å². The van der Waals surface area contributed by atoms with Crippen molar-refractivity contribution in [3.8, 4) is 5.75 Å². The van der Waals surface area contributed by atoms with Gasteiger partial charge in [-0.05, 0) is 62.5 Å². The number of hydrogen-bond donors (Lipinski definition) is 1. The summed E-state index contributed by atoms with van der Waals surface area (Å²) in [7, 11) is 2.16. The third-order valence-electron chi connectivity index (χ3n) is 6.53. The van der Waals surface area contributed by atoms with E-state index in [0.29, 0.717) is 31.1 Å². The van der Waals surface area contributed by atoms with Gasteiger partial charge in [0.15, 0.2) is 0 Å². The van der Waals surface area contributed by atoms with Crippen molar-refractivity contribution in [2.24, 2.45) is 0 Å². The third-order valence-corrected chi connectivity index (χ3v) is 6.53. The third kappa shape index (κ3) is 7.67. The van der Waals surface area contributed by atoms with Crippen LogP contribution in [0.15, 0.2) is 84.9 Å². The van der Waals surface area contributed by atoms with E-state index in [1.165, 1.54) is 11.1 Å². The summed E-state index contributed by atoms with van der Waals surface area (Å²) < 4.78 is 12.3. The second kappa shape index (κ2) is 13.1. The molecule has 0 aliphatic carbocycles.